The average Bonchev–Trinajstić information content (AvgIpc) is 2.38. The Morgan fingerprint density at radius 2 is 2.16 bits per heavy atom. The molecule has 19 heavy (non-hydrogen) atoms. The number of fused-ring (bicyclic) bond motifs is 4. The van der Waals surface area contributed by atoms with Gasteiger partial charge < -0.3 is 10.8 Å². The summed E-state index contributed by atoms with van der Waals surface area (Å²) in [6, 6.07) is 0. The third-order valence-corrected chi connectivity index (χ3v) is 5.47. The fourth-order valence-electron chi connectivity index (χ4n) is 4.56. The molecule has 0 aliphatic heterocycles. The van der Waals surface area contributed by atoms with Gasteiger partial charge in [-0.2, -0.15) is 5.10 Å². The molecular formula is C14H23N3OS. The second-order valence-corrected chi connectivity index (χ2v) is 6.80. The van der Waals surface area contributed by atoms with Crippen LogP contribution in [0.1, 0.15) is 51.4 Å². The maximum absolute atomic E-state index is 11.2. The standard InChI is InChI=1S/C14H23N3OS/c15-13(19)17-16-12-9-4-3-6-11(12)14(18)7-2-1-5-10(14)8-9/h9-11,18H,1-8H2,(H3,15,17,19)/b16-12-/t9-,10+,11+,14-/m0/s1. The summed E-state index contributed by atoms with van der Waals surface area (Å²) in [6.45, 7) is 0. The van der Waals surface area contributed by atoms with Crippen LogP contribution in [-0.4, -0.2) is 21.5 Å². The summed E-state index contributed by atoms with van der Waals surface area (Å²) >= 11 is 4.84. The Kier molecular flexibility index (Phi) is 3.52. The van der Waals surface area contributed by atoms with E-state index in [2.05, 4.69) is 10.5 Å². The molecule has 0 saturated heterocycles. The zero-order valence-electron chi connectivity index (χ0n) is 11.3. The molecule has 0 aromatic carbocycles. The lowest BCUT2D eigenvalue weighted by Crippen LogP contribution is -2.58. The molecule has 0 aromatic rings. The van der Waals surface area contributed by atoms with E-state index in [1.165, 1.54) is 25.7 Å². The largest absolute Gasteiger partial charge is 0.389 e. The van der Waals surface area contributed by atoms with Crippen LogP contribution in [0.25, 0.3) is 0 Å². The minimum Gasteiger partial charge on any atom is -0.389 e. The Morgan fingerprint density at radius 3 is 2.95 bits per heavy atom. The van der Waals surface area contributed by atoms with E-state index in [-0.39, 0.29) is 11.0 Å². The number of aliphatic hydroxyl groups is 1. The van der Waals surface area contributed by atoms with Gasteiger partial charge in [0.25, 0.3) is 0 Å². The first-order chi connectivity index (χ1) is 9.11. The van der Waals surface area contributed by atoms with Crippen molar-refractivity contribution in [3.05, 3.63) is 0 Å². The van der Waals surface area contributed by atoms with E-state index in [9.17, 15) is 5.11 Å². The van der Waals surface area contributed by atoms with Crippen molar-refractivity contribution in [3.8, 4) is 0 Å². The molecule has 2 bridgehead atoms. The van der Waals surface area contributed by atoms with Crippen molar-refractivity contribution in [3.63, 3.8) is 0 Å². The van der Waals surface area contributed by atoms with Crippen LogP contribution >= 0.6 is 12.2 Å². The van der Waals surface area contributed by atoms with Crippen LogP contribution in [0.5, 0.6) is 0 Å². The molecule has 3 saturated carbocycles. The number of nitrogens with zero attached hydrogens (tertiary/aromatic N) is 1. The molecule has 3 fully saturated rings. The third kappa shape index (κ3) is 2.27. The minimum absolute atomic E-state index is 0.211. The molecule has 0 amide bonds. The van der Waals surface area contributed by atoms with Crippen LogP contribution in [-0.2, 0) is 0 Å². The van der Waals surface area contributed by atoms with Gasteiger partial charge in [0.1, 0.15) is 0 Å². The third-order valence-electron chi connectivity index (χ3n) is 5.38. The topological polar surface area (TPSA) is 70.6 Å². The van der Waals surface area contributed by atoms with Crippen LogP contribution in [0.2, 0.25) is 0 Å². The number of hydrogen-bond donors (Lipinski definition) is 3. The first-order valence-corrected chi connectivity index (χ1v) is 7.87. The number of hydrogen-bond acceptors (Lipinski definition) is 3. The minimum atomic E-state index is -0.522. The van der Waals surface area contributed by atoms with Crippen LogP contribution in [0.15, 0.2) is 5.10 Å². The molecule has 4 nitrogen and oxygen atoms in total. The molecule has 3 aliphatic rings. The molecule has 0 unspecified atom stereocenters. The summed E-state index contributed by atoms with van der Waals surface area (Å²) in [6.07, 6.45) is 9.07. The van der Waals surface area contributed by atoms with E-state index < -0.39 is 5.60 Å². The van der Waals surface area contributed by atoms with E-state index in [1.54, 1.807) is 0 Å². The van der Waals surface area contributed by atoms with Crippen molar-refractivity contribution in [1.82, 2.24) is 5.43 Å². The van der Waals surface area contributed by atoms with Crippen molar-refractivity contribution in [1.29, 1.82) is 0 Å². The molecule has 0 heterocycles. The van der Waals surface area contributed by atoms with Crippen molar-refractivity contribution < 1.29 is 5.11 Å². The summed E-state index contributed by atoms with van der Waals surface area (Å²) < 4.78 is 0. The van der Waals surface area contributed by atoms with Crippen molar-refractivity contribution in [2.24, 2.45) is 28.6 Å². The second-order valence-electron chi connectivity index (χ2n) is 6.36. The lowest BCUT2D eigenvalue weighted by atomic mass is 9.54. The summed E-state index contributed by atoms with van der Waals surface area (Å²) in [5, 5.41) is 15.8. The number of thiocarbonyl (C=S) groups is 1. The average molecular weight is 281 g/mol. The van der Waals surface area contributed by atoms with Gasteiger partial charge in [-0.05, 0) is 56.2 Å². The lowest BCUT2D eigenvalue weighted by molar-refractivity contribution is -0.101. The normalized spacial score (nSPS) is 43.6. The first kappa shape index (κ1) is 13.3. The number of hydrazone groups is 1. The molecule has 4 N–H and O–H groups in total. The Hall–Kier alpha value is -0.680. The highest BCUT2D eigenvalue weighted by molar-refractivity contribution is 7.80. The fraction of sp³-hybridized carbons (Fsp3) is 0.857. The summed E-state index contributed by atoms with van der Waals surface area (Å²) in [5.41, 5.74) is 8.82. The second kappa shape index (κ2) is 5.02. The highest BCUT2D eigenvalue weighted by Gasteiger charge is 2.54. The molecule has 4 atom stereocenters. The van der Waals surface area contributed by atoms with Gasteiger partial charge >= 0.3 is 0 Å². The molecule has 3 rings (SSSR count). The van der Waals surface area contributed by atoms with Gasteiger partial charge in [-0.25, -0.2) is 0 Å². The van der Waals surface area contributed by atoms with E-state index >= 15 is 0 Å². The Bertz CT molecular complexity index is 411. The van der Waals surface area contributed by atoms with Crippen molar-refractivity contribution >= 4 is 23.0 Å². The highest BCUT2D eigenvalue weighted by Crippen LogP contribution is 2.52. The SMILES string of the molecule is NC(=S)N/N=C1/[C@H]2CCC[C@H]1[C@]1(O)CCCC[C@@H]1C2. The van der Waals surface area contributed by atoms with Crippen LogP contribution in [0.3, 0.4) is 0 Å². The van der Waals surface area contributed by atoms with Gasteiger partial charge in [0.2, 0.25) is 0 Å². The van der Waals surface area contributed by atoms with Gasteiger partial charge in [0.05, 0.1) is 5.60 Å². The summed E-state index contributed by atoms with van der Waals surface area (Å²) in [4.78, 5) is 0. The monoisotopic (exact) mass is 281 g/mol. The van der Waals surface area contributed by atoms with Gasteiger partial charge in [-0.3, -0.25) is 5.43 Å². The van der Waals surface area contributed by atoms with Gasteiger partial charge in [-0.15, -0.1) is 0 Å². The molecule has 0 radical (unpaired) electrons. The molecule has 3 aliphatic carbocycles. The predicted octanol–water partition coefficient (Wildman–Crippen LogP) is 1.92. The van der Waals surface area contributed by atoms with Crippen LogP contribution < -0.4 is 11.2 Å². The molecular weight excluding hydrogens is 258 g/mol. The van der Waals surface area contributed by atoms with E-state index in [0.29, 0.717) is 11.8 Å². The number of nitrogens with two attached hydrogens (primary N) is 1. The Balaban J connectivity index is 1.90. The Morgan fingerprint density at radius 1 is 1.32 bits per heavy atom. The van der Waals surface area contributed by atoms with E-state index in [4.69, 9.17) is 18.0 Å². The lowest BCUT2D eigenvalue weighted by Gasteiger charge is -2.54. The maximum atomic E-state index is 11.2. The number of nitrogens with one attached hydrogen (secondary N) is 1. The quantitative estimate of drug-likeness (QED) is 0.507. The smallest absolute Gasteiger partial charge is 0.184 e. The van der Waals surface area contributed by atoms with E-state index in [0.717, 1.165) is 31.4 Å². The zero-order chi connectivity index (χ0) is 13.5. The van der Waals surface area contributed by atoms with Crippen molar-refractivity contribution in [2.75, 3.05) is 0 Å². The van der Waals surface area contributed by atoms with Gasteiger partial charge in [-0.1, -0.05) is 19.3 Å². The van der Waals surface area contributed by atoms with E-state index in [1.807, 2.05) is 0 Å². The first-order valence-electron chi connectivity index (χ1n) is 7.46. The van der Waals surface area contributed by atoms with Crippen molar-refractivity contribution in [2.45, 2.75) is 57.0 Å². The molecule has 0 spiro atoms. The zero-order valence-corrected chi connectivity index (χ0v) is 12.1. The summed E-state index contributed by atoms with van der Waals surface area (Å²) in [5.74, 6) is 1.21. The predicted molar refractivity (Wildman–Crippen MR) is 79.7 cm³/mol. The number of rotatable bonds is 1. The molecule has 106 valence electrons. The molecule has 0 aromatic heterocycles. The Labute approximate surface area is 119 Å². The summed E-state index contributed by atoms with van der Waals surface area (Å²) in [7, 11) is 0. The van der Waals surface area contributed by atoms with Crippen LogP contribution in [0, 0.1) is 17.8 Å². The van der Waals surface area contributed by atoms with Crippen LogP contribution in [0.4, 0.5) is 0 Å². The van der Waals surface area contributed by atoms with Gasteiger partial charge in [0, 0.05) is 11.6 Å². The fourth-order valence-corrected chi connectivity index (χ4v) is 4.60. The van der Waals surface area contributed by atoms with Gasteiger partial charge in [0.15, 0.2) is 5.11 Å². The maximum Gasteiger partial charge on any atom is 0.184 e. The highest BCUT2D eigenvalue weighted by atomic mass is 32.1. The molecule has 5 heteroatoms.